The summed E-state index contributed by atoms with van der Waals surface area (Å²) in [5, 5.41) is 11.4. The Bertz CT molecular complexity index is 509. The molecule has 0 aromatic heterocycles. The van der Waals surface area contributed by atoms with Crippen LogP contribution in [0.15, 0.2) is 24.3 Å². The molecule has 0 bridgehead atoms. The van der Waals surface area contributed by atoms with Crippen LogP contribution in [-0.2, 0) is 14.3 Å². The Morgan fingerprint density at radius 1 is 1.24 bits per heavy atom. The molecule has 0 heterocycles. The van der Waals surface area contributed by atoms with E-state index in [4.69, 9.17) is 9.84 Å². The van der Waals surface area contributed by atoms with Crippen LogP contribution in [0, 0.1) is 5.92 Å². The highest BCUT2D eigenvalue weighted by Crippen LogP contribution is 2.12. The fraction of sp³-hybridized carbons (Fsp3) is 0.400. The maximum absolute atomic E-state index is 11.7. The summed E-state index contributed by atoms with van der Waals surface area (Å²) in [6.07, 6.45) is 0.412. The minimum absolute atomic E-state index is 0.132. The second kappa shape index (κ2) is 8.04. The van der Waals surface area contributed by atoms with Gasteiger partial charge >= 0.3 is 11.9 Å². The molecule has 114 valence electrons. The highest BCUT2D eigenvalue weighted by atomic mass is 16.5. The van der Waals surface area contributed by atoms with Crippen molar-refractivity contribution in [2.75, 3.05) is 11.9 Å². The third-order valence-corrected chi connectivity index (χ3v) is 2.91. The molecule has 2 N–H and O–H groups in total. The molecule has 1 rings (SSSR count). The average Bonchev–Trinajstić information content (AvgIpc) is 2.45. The number of hydrogen-bond donors (Lipinski definition) is 2. The third kappa shape index (κ3) is 5.64. The summed E-state index contributed by atoms with van der Waals surface area (Å²) in [6, 6.07) is 6.33. The quantitative estimate of drug-likeness (QED) is 0.752. The summed E-state index contributed by atoms with van der Waals surface area (Å²) < 4.78 is 4.85. The van der Waals surface area contributed by atoms with E-state index in [1.54, 1.807) is 38.1 Å². The number of carbonyl (C=O) groups is 3. The normalized spacial score (nSPS) is 11.5. The van der Waals surface area contributed by atoms with E-state index in [1.165, 1.54) is 0 Å². The van der Waals surface area contributed by atoms with Crippen LogP contribution in [-0.4, -0.2) is 29.6 Å². The molecule has 0 aliphatic rings. The zero-order valence-corrected chi connectivity index (χ0v) is 12.1. The molecular weight excluding hydrogens is 274 g/mol. The van der Waals surface area contributed by atoms with Gasteiger partial charge in [0.2, 0.25) is 5.91 Å². The van der Waals surface area contributed by atoms with Gasteiger partial charge in [-0.25, -0.2) is 4.79 Å². The van der Waals surface area contributed by atoms with Gasteiger partial charge in [0.05, 0.1) is 18.1 Å². The van der Waals surface area contributed by atoms with Crippen LogP contribution in [0.2, 0.25) is 0 Å². The van der Waals surface area contributed by atoms with Crippen molar-refractivity contribution >= 4 is 23.5 Å². The molecule has 21 heavy (non-hydrogen) atoms. The number of rotatable bonds is 7. The molecule has 0 saturated carbocycles. The smallest absolute Gasteiger partial charge is 0.338 e. The van der Waals surface area contributed by atoms with E-state index >= 15 is 0 Å². The van der Waals surface area contributed by atoms with E-state index in [9.17, 15) is 14.4 Å². The number of carboxylic acids is 1. The van der Waals surface area contributed by atoms with Crippen molar-refractivity contribution in [3.8, 4) is 0 Å². The standard InChI is InChI=1S/C15H19NO5/c1-3-21-15(20)11-5-7-12(8-6-11)16-13(17)9-4-10(2)14(18)19/h5-8,10H,3-4,9H2,1-2H3,(H,16,17)(H,18,19)/t10-/m1/s1. The van der Waals surface area contributed by atoms with E-state index in [1.807, 2.05) is 0 Å². The fourth-order valence-corrected chi connectivity index (χ4v) is 1.60. The van der Waals surface area contributed by atoms with Gasteiger partial charge in [0, 0.05) is 12.1 Å². The number of nitrogens with one attached hydrogen (secondary N) is 1. The topological polar surface area (TPSA) is 92.7 Å². The summed E-state index contributed by atoms with van der Waals surface area (Å²) in [4.78, 5) is 33.8. The number of carboxylic acid groups (broad SMARTS) is 1. The Balaban J connectivity index is 2.50. The Hall–Kier alpha value is -2.37. The van der Waals surface area contributed by atoms with E-state index in [0.29, 0.717) is 17.9 Å². The third-order valence-electron chi connectivity index (χ3n) is 2.91. The minimum atomic E-state index is -0.915. The Morgan fingerprint density at radius 2 is 1.86 bits per heavy atom. The van der Waals surface area contributed by atoms with E-state index in [-0.39, 0.29) is 18.7 Å². The van der Waals surface area contributed by atoms with Gasteiger partial charge in [-0.1, -0.05) is 6.92 Å². The molecule has 1 aromatic carbocycles. The first-order chi connectivity index (χ1) is 9.93. The summed E-state index contributed by atoms with van der Waals surface area (Å²) in [5.74, 6) is -2.14. The highest BCUT2D eigenvalue weighted by Gasteiger charge is 2.13. The van der Waals surface area contributed by atoms with Crippen LogP contribution in [0.1, 0.15) is 37.0 Å². The molecule has 1 atom stereocenters. The summed E-state index contributed by atoms with van der Waals surface area (Å²) in [6.45, 7) is 3.59. The van der Waals surface area contributed by atoms with Gasteiger partial charge in [-0.3, -0.25) is 9.59 Å². The van der Waals surface area contributed by atoms with Gasteiger partial charge in [-0.2, -0.15) is 0 Å². The number of hydrogen-bond acceptors (Lipinski definition) is 4. The first-order valence-electron chi connectivity index (χ1n) is 6.74. The first kappa shape index (κ1) is 16.7. The van der Waals surface area contributed by atoms with Gasteiger partial charge in [0.1, 0.15) is 0 Å². The van der Waals surface area contributed by atoms with Crippen molar-refractivity contribution in [2.45, 2.75) is 26.7 Å². The highest BCUT2D eigenvalue weighted by molar-refractivity contribution is 5.93. The molecular formula is C15H19NO5. The molecule has 0 fully saturated rings. The number of aliphatic carboxylic acids is 1. The zero-order chi connectivity index (χ0) is 15.8. The van der Waals surface area contributed by atoms with Gasteiger partial charge in [0.25, 0.3) is 0 Å². The summed E-state index contributed by atoms with van der Waals surface area (Å²) in [7, 11) is 0. The molecule has 0 unspecified atom stereocenters. The van der Waals surface area contributed by atoms with Crippen LogP contribution in [0.4, 0.5) is 5.69 Å². The number of anilines is 1. The van der Waals surface area contributed by atoms with Crippen LogP contribution < -0.4 is 5.32 Å². The molecule has 1 aromatic rings. The summed E-state index contributed by atoms with van der Waals surface area (Å²) >= 11 is 0. The van der Waals surface area contributed by atoms with Crippen LogP contribution in [0.3, 0.4) is 0 Å². The van der Waals surface area contributed by atoms with Crippen molar-refractivity contribution in [1.82, 2.24) is 0 Å². The second-order valence-electron chi connectivity index (χ2n) is 4.62. The van der Waals surface area contributed by atoms with Gasteiger partial charge in [-0.05, 0) is 37.6 Å². The van der Waals surface area contributed by atoms with E-state index in [0.717, 1.165) is 0 Å². The molecule has 1 amide bonds. The van der Waals surface area contributed by atoms with Gasteiger partial charge in [-0.15, -0.1) is 0 Å². The SMILES string of the molecule is CCOC(=O)c1ccc(NC(=O)CC[C@@H](C)C(=O)O)cc1. The maximum atomic E-state index is 11.7. The van der Waals surface area contributed by atoms with Crippen molar-refractivity contribution < 1.29 is 24.2 Å². The van der Waals surface area contributed by atoms with Crippen LogP contribution in [0.5, 0.6) is 0 Å². The fourth-order valence-electron chi connectivity index (χ4n) is 1.60. The molecule has 0 aliphatic carbocycles. The molecule has 6 nitrogen and oxygen atoms in total. The van der Waals surface area contributed by atoms with Crippen LogP contribution in [0.25, 0.3) is 0 Å². The largest absolute Gasteiger partial charge is 0.481 e. The zero-order valence-electron chi connectivity index (χ0n) is 12.1. The lowest BCUT2D eigenvalue weighted by molar-refractivity contribution is -0.141. The molecule has 6 heteroatoms. The summed E-state index contributed by atoms with van der Waals surface area (Å²) in [5.41, 5.74) is 0.963. The number of ether oxygens (including phenoxy) is 1. The number of benzene rings is 1. The van der Waals surface area contributed by atoms with E-state index < -0.39 is 17.9 Å². The van der Waals surface area contributed by atoms with Crippen molar-refractivity contribution in [3.05, 3.63) is 29.8 Å². The van der Waals surface area contributed by atoms with Crippen molar-refractivity contribution in [3.63, 3.8) is 0 Å². The van der Waals surface area contributed by atoms with E-state index in [2.05, 4.69) is 5.32 Å². The van der Waals surface area contributed by atoms with Crippen LogP contribution >= 0.6 is 0 Å². The average molecular weight is 293 g/mol. The van der Waals surface area contributed by atoms with Gasteiger partial charge < -0.3 is 15.2 Å². The molecule has 0 aliphatic heterocycles. The lowest BCUT2D eigenvalue weighted by atomic mass is 10.1. The van der Waals surface area contributed by atoms with Gasteiger partial charge in [0.15, 0.2) is 0 Å². The number of esters is 1. The van der Waals surface area contributed by atoms with Crippen molar-refractivity contribution in [2.24, 2.45) is 5.92 Å². The Labute approximate surface area is 123 Å². The molecule has 0 spiro atoms. The lowest BCUT2D eigenvalue weighted by Crippen LogP contribution is -2.16. The monoisotopic (exact) mass is 293 g/mol. The molecule has 0 radical (unpaired) electrons. The first-order valence-corrected chi connectivity index (χ1v) is 6.74. The number of amides is 1. The Morgan fingerprint density at radius 3 is 2.38 bits per heavy atom. The maximum Gasteiger partial charge on any atom is 0.338 e. The predicted molar refractivity (Wildman–Crippen MR) is 77.1 cm³/mol. The predicted octanol–water partition coefficient (Wildman–Crippen LogP) is 2.30. The van der Waals surface area contributed by atoms with Crippen molar-refractivity contribution in [1.29, 1.82) is 0 Å². The minimum Gasteiger partial charge on any atom is -0.481 e. The number of carbonyl (C=O) groups excluding carboxylic acids is 2. The lowest BCUT2D eigenvalue weighted by Gasteiger charge is -2.08. The molecule has 0 saturated heterocycles. The Kier molecular flexibility index (Phi) is 6.39. The second-order valence-corrected chi connectivity index (χ2v) is 4.62.